The Morgan fingerprint density at radius 2 is 1.08 bits per heavy atom. The summed E-state index contributed by atoms with van der Waals surface area (Å²) >= 11 is 14.1. The number of nitrogens with zero attached hydrogens (tertiary/aromatic N) is 2. The summed E-state index contributed by atoms with van der Waals surface area (Å²) in [6, 6.07) is 37.2. The topological polar surface area (TPSA) is 35.9 Å². The van der Waals surface area contributed by atoms with Crippen molar-refractivity contribution in [3.05, 3.63) is 141 Å². The Morgan fingerprint density at radius 3 is 1.52 bits per heavy atom. The van der Waals surface area contributed by atoms with E-state index in [9.17, 15) is 5.11 Å². The SMILES string of the molecule is C.CI.COC(CN1CCC[C@@H](CCc2ccccc2)C1)c1ccc(Cl)cc1.OC(CN1CCC[C@@H](CCc2ccccc2)C1)c1ccc(Cl)cc1. The van der Waals surface area contributed by atoms with Crippen LogP contribution in [-0.2, 0) is 17.6 Å². The van der Waals surface area contributed by atoms with Gasteiger partial charge >= 0.3 is 0 Å². The molecule has 2 aliphatic rings. The van der Waals surface area contributed by atoms with Crippen molar-refractivity contribution in [2.75, 3.05) is 51.3 Å². The second kappa shape index (κ2) is 25.2. The third kappa shape index (κ3) is 15.8. The quantitative estimate of drug-likeness (QED) is 0.107. The molecule has 2 saturated heterocycles. The Kier molecular flexibility index (Phi) is 21.5. The molecule has 2 fully saturated rings. The molecule has 1 N–H and O–H groups in total. The minimum absolute atomic E-state index is 0. The predicted molar refractivity (Wildman–Crippen MR) is 232 cm³/mol. The molecule has 0 spiro atoms. The minimum Gasteiger partial charge on any atom is -0.387 e. The fraction of sp³-hybridized carbons (Fsp3) is 0.467. The number of aliphatic hydroxyl groups excluding tert-OH is 1. The third-order valence-electron chi connectivity index (χ3n) is 10.2. The van der Waals surface area contributed by atoms with Crippen LogP contribution in [0.15, 0.2) is 109 Å². The van der Waals surface area contributed by atoms with Crippen molar-refractivity contribution in [3.63, 3.8) is 0 Å². The van der Waals surface area contributed by atoms with Crippen molar-refractivity contribution >= 4 is 45.8 Å². The summed E-state index contributed by atoms with van der Waals surface area (Å²) < 4.78 is 5.76. The van der Waals surface area contributed by atoms with Crippen LogP contribution in [0.3, 0.4) is 0 Å². The Bertz CT molecular complexity index is 1480. The second-order valence-electron chi connectivity index (χ2n) is 13.9. The number of hydrogen-bond acceptors (Lipinski definition) is 4. The molecule has 4 atom stereocenters. The first-order valence-corrected chi connectivity index (χ1v) is 21.5. The Labute approximate surface area is 339 Å². The molecule has 0 aliphatic carbocycles. The van der Waals surface area contributed by atoms with E-state index in [2.05, 4.69) is 105 Å². The van der Waals surface area contributed by atoms with E-state index in [0.717, 1.165) is 48.5 Å². The van der Waals surface area contributed by atoms with Gasteiger partial charge in [0.25, 0.3) is 0 Å². The standard InChI is InChI=1S/C22H28ClNO.C21H26ClNO.CH3I.CH4/c1-25-22(20-11-13-21(23)14-12-20)17-24-15-5-8-19(16-24)10-9-18-6-3-2-4-7-18;22-20-12-10-19(11-13-20)21(24)16-23-14-4-7-18(15-23)9-8-17-5-2-1-3-6-17;1-2;/h2-4,6-7,11-14,19,22H,5,8-10,15-17H2,1H3;1-3,5-6,10-13,18,21,24H,4,7-9,14-16H2;1H3;1H4/t19-,22?;18-,21?;;/m00../s1. The highest BCUT2D eigenvalue weighted by Gasteiger charge is 2.24. The molecular weight excluding hydrogens is 798 g/mol. The molecule has 52 heavy (non-hydrogen) atoms. The highest BCUT2D eigenvalue weighted by atomic mass is 127. The molecule has 0 amide bonds. The fourth-order valence-electron chi connectivity index (χ4n) is 7.40. The normalized spacial score (nSPS) is 18.8. The molecule has 2 heterocycles. The van der Waals surface area contributed by atoms with Crippen LogP contribution in [0.25, 0.3) is 0 Å². The number of aliphatic hydroxyl groups is 1. The van der Waals surface area contributed by atoms with Gasteiger partial charge in [-0.2, -0.15) is 0 Å². The van der Waals surface area contributed by atoms with Gasteiger partial charge in [0.15, 0.2) is 0 Å². The number of benzene rings is 4. The number of halogens is 3. The van der Waals surface area contributed by atoms with Crippen molar-refractivity contribution in [1.82, 2.24) is 9.80 Å². The molecule has 6 rings (SSSR count). The van der Waals surface area contributed by atoms with E-state index in [1.54, 1.807) is 7.11 Å². The van der Waals surface area contributed by atoms with E-state index in [1.165, 1.54) is 74.7 Å². The number of methoxy groups -OCH3 is 1. The average molecular weight is 860 g/mol. The molecule has 284 valence electrons. The van der Waals surface area contributed by atoms with Crippen molar-refractivity contribution < 1.29 is 9.84 Å². The van der Waals surface area contributed by atoms with Gasteiger partial charge in [0, 0.05) is 43.3 Å². The van der Waals surface area contributed by atoms with Crippen LogP contribution < -0.4 is 0 Å². The number of alkyl halides is 1. The molecule has 2 unspecified atom stereocenters. The van der Waals surface area contributed by atoms with Gasteiger partial charge in [-0.3, -0.25) is 0 Å². The molecule has 0 bridgehead atoms. The lowest BCUT2D eigenvalue weighted by molar-refractivity contribution is 0.0465. The maximum atomic E-state index is 10.5. The summed E-state index contributed by atoms with van der Waals surface area (Å²) in [6.45, 7) is 6.21. The van der Waals surface area contributed by atoms with Crippen LogP contribution in [-0.4, -0.2) is 66.2 Å². The number of likely N-dealkylation sites (tertiary alicyclic amines) is 2. The highest BCUT2D eigenvalue weighted by Crippen LogP contribution is 2.27. The molecule has 4 aromatic carbocycles. The molecule has 2 aliphatic heterocycles. The van der Waals surface area contributed by atoms with Crippen molar-refractivity contribution in [2.45, 2.75) is 71.0 Å². The lowest BCUT2D eigenvalue weighted by Crippen LogP contribution is -2.38. The fourth-order valence-corrected chi connectivity index (χ4v) is 7.65. The number of aryl methyl sites for hydroxylation is 2. The first kappa shape index (κ1) is 44.4. The van der Waals surface area contributed by atoms with Gasteiger partial charge < -0.3 is 19.6 Å². The van der Waals surface area contributed by atoms with Crippen LogP contribution in [0.1, 0.15) is 80.4 Å². The van der Waals surface area contributed by atoms with Crippen molar-refractivity contribution in [2.24, 2.45) is 11.8 Å². The first-order chi connectivity index (χ1) is 24.9. The third-order valence-corrected chi connectivity index (χ3v) is 10.7. The molecular formula is C45H61Cl2IN2O2. The van der Waals surface area contributed by atoms with E-state index in [4.69, 9.17) is 27.9 Å². The average Bonchev–Trinajstić information content (AvgIpc) is 3.18. The highest BCUT2D eigenvalue weighted by molar-refractivity contribution is 14.1. The largest absolute Gasteiger partial charge is 0.387 e. The minimum atomic E-state index is -0.435. The maximum absolute atomic E-state index is 10.5. The van der Waals surface area contributed by atoms with E-state index >= 15 is 0 Å². The van der Waals surface area contributed by atoms with Gasteiger partial charge in [0.2, 0.25) is 0 Å². The van der Waals surface area contributed by atoms with E-state index in [0.29, 0.717) is 11.6 Å². The molecule has 4 aromatic rings. The number of ether oxygens (including phenoxy) is 1. The summed E-state index contributed by atoms with van der Waals surface area (Å²) in [4.78, 5) is 6.96. The Morgan fingerprint density at radius 1 is 0.654 bits per heavy atom. The summed E-state index contributed by atoms with van der Waals surface area (Å²) in [6.07, 6.45) is 9.70. The van der Waals surface area contributed by atoms with Crippen molar-refractivity contribution in [3.8, 4) is 0 Å². The van der Waals surface area contributed by atoms with Gasteiger partial charge in [-0.05, 0) is 128 Å². The number of rotatable bonds is 13. The number of hydrogen-bond donors (Lipinski definition) is 1. The maximum Gasteiger partial charge on any atom is 0.0947 e. The van der Waals surface area contributed by atoms with Crippen LogP contribution in [0.5, 0.6) is 0 Å². The zero-order chi connectivity index (χ0) is 36.3. The molecule has 4 nitrogen and oxygen atoms in total. The van der Waals surface area contributed by atoms with Gasteiger partial charge in [-0.15, -0.1) is 0 Å². The van der Waals surface area contributed by atoms with E-state index in [-0.39, 0.29) is 13.5 Å². The molecule has 7 heteroatoms. The van der Waals surface area contributed by atoms with Crippen LogP contribution in [0.4, 0.5) is 0 Å². The van der Waals surface area contributed by atoms with Crippen molar-refractivity contribution in [1.29, 1.82) is 0 Å². The van der Waals surface area contributed by atoms with Crippen LogP contribution >= 0.6 is 45.8 Å². The summed E-state index contributed by atoms with van der Waals surface area (Å²) in [7, 11) is 1.80. The lowest BCUT2D eigenvalue weighted by Gasteiger charge is -2.35. The van der Waals surface area contributed by atoms with Gasteiger partial charge in [-0.25, -0.2) is 0 Å². The predicted octanol–water partition coefficient (Wildman–Crippen LogP) is 11.8. The first-order valence-electron chi connectivity index (χ1n) is 18.6. The second-order valence-corrected chi connectivity index (χ2v) is 14.8. The van der Waals surface area contributed by atoms with Crippen LogP contribution in [0.2, 0.25) is 10.0 Å². The van der Waals surface area contributed by atoms with Crippen LogP contribution in [0, 0.1) is 11.8 Å². The zero-order valence-electron chi connectivity index (χ0n) is 30.5. The molecule has 0 radical (unpaired) electrons. The Balaban J connectivity index is 0.000000263. The van der Waals surface area contributed by atoms with Gasteiger partial charge in [0.05, 0.1) is 12.2 Å². The number of β-amino-alcohol motifs (C(OH)–C–C–N with tert-alkyl or cyclic N) is 1. The van der Waals surface area contributed by atoms with E-state index in [1.807, 2.05) is 41.3 Å². The molecule has 0 aromatic heterocycles. The van der Waals surface area contributed by atoms with Gasteiger partial charge in [0.1, 0.15) is 0 Å². The number of piperidine rings is 2. The smallest absolute Gasteiger partial charge is 0.0947 e. The summed E-state index contributed by atoms with van der Waals surface area (Å²) in [5.41, 5.74) is 5.04. The molecule has 0 saturated carbocycles. The Hall–Kier alpha value is -1.97. The van der Waals surface area contributed by atoms with E-state index < -0.39 is 6.10 Å². The van der Waals surface area contributed by atoms with Gasteiger partial charge in [-0.1, -0.05) is 138 Å². The summed E-state index contributed by atoms with van der Waals surface area (Å²) in [5.74, 6) is 1.52. The monoisotopic (exact) mass is 858 g/mol. The lowest BCUT2D eigenvalue weighted by atomic mass is 9.91. The zero-order valence-corrected chi connectivity index (χ0v) is 34.2. The summed E-state index contributed by atoms with van der Waals surface area (Å²) in [5, 5.41) is 12.0.